The minimum Gasteiger partial charge on any atom is -0.309 e. The lowest BCUT2D eigenvalue weighted by Crippen LogP contribution is -2.04. The zero-order chi connectivity index (χ0) is 45.1. The van der Waals surface area contributed by atoms with E-state index < -0.39 is 11.7 Å². The van der Waals surface area contributed by atoms with Crippen molar-refractivity contribution in [1.82, 2.24) is 19.5 Å². The van der Waals surface area contributed by atoms with Gasteiger partial charge in [0.15, 0.2) is 17.5 Å². The van der Waals surface area contributed by atoms with Gasteiger partial charge in [-0.1, -0.05) is 145 Å². The standard InChI is InChI=1S/C58H45F3N4/c1-34-27-36(3)53(37(4)28-34)43-19-25-48-49-26-20-44(54-38(5)29-35(2)30-39(54)6)32-52(49)65(51(48)31-43)50-33-45(21-24-47(50)40-17-22-46(23-18-40)58(59,60)61)57-63-55(41-13-9-7-10-14-41)62-56(64-57)42-15-11-8-12-16-42/h7-33H,1-6H3. The summed E-state index contributed by atoms with van der Waals surface area (Å²) in [6.45, 7) is 12.9. The second kappa shape index (κ2) is 16.2. The van der Waals surface area contributed by atoms with Crippen molar-refractivity contribution in [2.75, 3.05) is 0 Å². The average Bonchev–Trinajstić information content (AvgIpc) is 3.61. The number of hydrogen-bond acceptors (Lipinski definition) is 3. The van der Waals surface area contributed by atoms with Crippen LogP contribution in [0.1, 0.15) is 38.9 Å². The molecule has 0 bridgehead atoms. The minimum absolute atomic E-state index is 0.469. The molecule has 0 fully saturated rings. The molecule has 4 nitrogen and oxygen atoms in total. The molecule has 0 aliphatic carbocycles. The van der Waals surface area contributed by atoms with Crippen LogP contribution in [-0.4, -0.2) is 19.5 Å². The van der Waals surface area contributed by atoms with Crippen molar-refractivity contribution in [3.05, 3.63) is 203 Å². The van der Waals surface area contributed by atoms with Gasteiger partial charge in [0.1, 0.15) is 0 Å². The first-order valence-corrected chi connectivity index (χ1v) is 21.7. The molecule has 2 aromatic heterocycles. The van der Waals surface area contributed by atoms with E-state index in [0.29, 0.717) is 23.0 Å². The van der Waals surface area contributed by atoms with E-state index in [1.54, 1.807) is 12.1 Å². The number of aryl methyl sites for hydroxylation is 6. The van der Waals surface area contributed by atoms with E-state index in [9.17, 15) is 13.2 Å². The van der Waals surface area contributed by atoms with Crippen molar-refractivity contribution in [2.24, 2.45) is 0 Å². The molecule has 10 rings (SSSR count). The third-order valence-corrected chi connectivity index (χ3v) is 12.4. The Bertz CT molecular complexity index is 3240. The summed E-state index contributed by atoms with van der Waals surface area (Å²) in [6.07, 6.45) is -4.48. The van der Waals surface area contributed by atoms with Crippen molar-refractivity contribution in [1.29, 1.82) is 0 Å². The van der Waals surface area contributed by atoms with Gasteiger partial charge in [0, 0.05) is 33.0 Å². The molecule has 0 amide bonds. The van der Waals surface area contributed by atoms with Gasteiger partial charge in [-0.2, -0.15) is 13.2 Å². The molecule has 0 atom stereocenters. The summed E-state index contributed by atoms with van der Waals surface area (Å²) in [6, 6.07) is 53.3. The van der Waals surface area contributed by atoms with Crippen LogP contribution >= 0.6 is 0 Å². The highest BCUT2D eigenvalue weighted by Gasteiger charge is 2.30. The van der Waals surface area contributed by atoms with Gasteiger partial charge >= 0.3 is 6.18 Å². The fourth-order valence-electron chi connectivity index (χ4n) is 9.74. The Labute approximate surface area is 376 Å². The number of fused-ring (bicyclic) bond motifs is 3. The lowest BCUT2D eigenvalue weighted by Gasteiger charge is -2.18. The third-order valence-electron chi connectivity index (χ3n) is 12.4. The molecule has 10 aromatic rings. The number of rotatable bonds is 7. The highest BCUT2D eigenvalue weighted by Crippen LogP contribution is 2.43. The Morgan fingerprint density at radius 2 is 0.785 bits per heavy atom. The van der Waals surface area contributed by atoms with Gasteiger partial charge in [0.25, 0.3) is 0 Å². The molecule has 65 heavy (non-hydrogen) atoms. The smallest absolute Gasteiger partial charge is 0.309 e. The molecule has 318 valence electrons. The number of nitrogens with zero attached hydrogens (tertiary/aromatic N) is 4. The van der Waals surface area contributed by atoms with Crippen LogP contribution in [0.2, 0.25) is 0 Å². The second-order valence-corrected chi connectivity index (χ2v) is 17.2. The highest BCUT2D eigenvalue weighted by molar-refractivity contribution is 6.12. The number of alkyl halides is 3. The van der Waals surface area contributed by atoms with Crippen LogP contribution in [0.25, 0.3) is 95.0 Å². The van der Waals surface area contributed by atoms with E-state index >= 15 is 0 Å². The predicted octanol–water partition coefficient (Wildman–Crippen LogP) is 15.8. The van der Waals surface area contributed by atoms with Gasteiger partial charge in [-0.05, 0) is 122 Å². The van der Waals surface area contributed by atoms with Gasteiger partial charge < -0.3 is 4.57 Å². The second-order valence-electron chi connectivity index (χ2n) is 17.2. The zero-order valence-corrected chi connectivity index (χ0v) is 37.0. The van der Waals surface area contributed by atoms with Crippen molar-refractivity contribution in [2.45, 2.75) is 47.7 Å². The van der Waals surface area contributed by atoms with E-state index in [1.165, 1.54) is 44.5 Å². The maximum atomic E-state index is 14.0. The largest absolute Gasteiger partial charge is 0.416 e. The molecule has 0 saturated heterocycles. The highest BCUT2D eigenvalue weighted by atomic mass is 19.4. The minimum atomic E-state index is -4.48. The molecular weight excluding hydrogens is 810 g/mol. The molecule has 0 aliphatic heterocycles. The Hall–Kier alpha value is -7.64. The fraction of sp³-hybridized carbons (Fsp3) is 0.121. The summed E-state index contributed by atoms with van der Waals surface area (Å²) in [5.74, 6) is 1.53. The van der Waals surface area contributed by atoms with Crippen LogP contribution < -0.4 is 0 Å². The zero-order valence-electron chi connectivity index (χ0n) is 37.0. The number of benzene rings is 8. The molecule has 0 saturated carbocycles. The molecule has 2 heterocycles. The Morgan fingerprint density at radius 1 is 0.385 bits per heavy atom. The first-order valence-electron chi connectivity index (χ1n) is 21.7. The van der Waals surface area contributed by atoms with Gasteiger partial charge in [0.2, 0.25) is 0 Å². The lowest BCUT2D eigenvalue weighted by atomic mass is 9.92. The molecule has 0 spiro atoms. The first-order chi connectivity index (χ1) is 31.3. The van der Waals surface area contributed by atoms with E-state index in [-0.39, 0.29) is 0 Å². The molecule has 8 aromatic carbocycles. The summed E-state index contributed by atoms with van der Waals surface area (Å²) in [7, 11) is 0. The van der Waals surface area contributed by atoms with Crippen molar-refractivity contribution >= 4 is 21.8 Å². The Kier molecular flexibility index (Phi) is 10.3. The van der Waals surface area contributed by atoms with Crippen molar-refractivity contribution < 1.29 is 13.2 Å². The maximum absolute atomic E-state index is 14.0. The summed E-state index contributed by atoms with van der Waals surface area (Å²) >= 11 is 0. The Morgan fingerprint density at radius 3 is 1.22 bits per heavy atom. The third kappa shape index (κ3) is 7.67. The Balaban J connectivity index is 1.30. The summed E-state index contributed by atoms with van der Waals surface area (Å²) < 4.78 is 44.3. The normalized spacial score (nSPS) is 11.8. The molecule has 0 aliphatic rings. The van der Waals surface area contributed by atoms with Crippen LogP contribution in [0.3, 0.4) is 0 Å². The van der Waals surface area contributed by atoms with Crippen LogP contribution in [0, 0.1) is 41.5 Å². The number of hydrogen-bond donors (Lipinski definition) is 0. The summed E-state index contributed by atoms with van der Waals surface area (Å²) in [5, 5.41) is 2.11. The summed E-state index contributed by atoms with van der Waals surface area (Å²) in [5.41, 5.74) is 17.4. The molecule has 0 N–H and O–H groups in total. The van der Waals surface area contributed by atoms with Gasteiger partial charge in [0.05, 0.1) is 22.3 Å². The van der Waals surface area contributed by atoms with E-state index in [1.807, 2.05) is 72.8 Å². The summed E-state index contributed by atoms with van der Waals surface area (Å²) in [4.78, 5) is 15.1. The first kappa shape index (κ1) is 41.4. The quantitative estimate of drug-likeness (QED) is 0.160. The molecule has 7 heteroatoms. The van der Waals surface area contributed by atoms with Gasteiger partial charge in [-0.15, -0.1) is 0 Å². The average molecular weight is 855 g/mol. The number of aromatic nitrogens is 4. The van der Waals surface area contributed by atoms with Crippen LogP contribution in [-0.2, 0) is 6.18 Å². The van der Waals surface area contributed by atoms with E-state index in [2.05, 4.69) is 113 Å². The van der Waals surface area contributed by atoms with Crippen molar-refractivity contribution in [3.8, 4) is 73.2 Å². The van der Waals surface area contributed by atoms with Crippen molar-refractivity contribution in [3.63, 3.8) is 0 Å². The lowest BCUT2D eigenvalue weighted by molar-refractivity contribution is -0.137. The van der Waals surface area contributed by atoms with Crippen LogP contribution in [0.5, 0.6) is 0 Å². The van der Waals surface area contributed by atoms with Gasteiger partial charge in [-0.25, -0.2) is 15.0 Å². The maximum Gasteiger partial charge on any atom is 0.416 e. The number of halogens is 3. The monoisotopic (exact) mass is 854 g/mol. The predicted molar refractivity (Wildman–Crippen MR) is 260 cm³/mol. The van der Waals surface area contributed by atoms with E-state index in [4.69, 9.17) is 15.0 Å². The van der Waals surface area contributed by atoms with E-state index in [0.717, 1.165) is 73.0 Å². The van der Waals surface area contributed by atoms with Gasteiger partial charge in [-0.3, -0.25) is 0 Å². The van der Waals surface area contributed by atoms with Crippen LogP contribution in [0.4, 0.5) is 13.2 Å². The van der Waals surface area contributed by atoms with Crippen LogP contribution in [0.15, 0.2) is 164 Å². The topological polar surface area (TPSA) is 43.6 Å². The molecular formula is C58H45F3N4. The molecule has 0 unspecified atom stereocenters. The fourth-order valence-corrected chi connectivity index (χ4v) is 9.74. The molecule has 0 radical (unpaired) electrons. The SMILES string of the molecule is Cc1cc(C)c(-c2ccc3c4ccc(-c5c(C)cc(C)cc5C)cc4n(-c4cc(-c5nc(-c6ccccc6)nc(-c6ccccc6)n5)ccc4-c4ccc(C(F)(F)F)cc4)c3c2)c(C)c1.